The molecule has 1 saturated heterocycles. The number of aryl methyl sites for hydroxylation is 1. The third kappa shape index (κ3) is 6.69. The zero-order chi connectivity index (χ0) is 25.5. The van der Waals surface area contributed by atoms with E-state index in [2.05, 4.69) is 15.5 Å². The number of piperazine rings is 1. The minimum Gasteiger partial charge on any atom is -0.383 e. The summed E-state index contributed by atoms with van der Waals surface area (Å²) in [6, 6.07) is 22.1. The first kappa shape index (κ1) is 25.8. The average molecular weight is 527 g/mol. The molecule has 9 heteroatoms. The Morgan fingerprint density at radius 1 is 0.833 bits per heavy atom. The van der Waals surface area contributed by atoms with Crippen molar-refractivity contribution >= 4 is 52.2 Å². The van der Waals surface area contributed by atoms with E-state index in [1.807, 2.05) is 54.6 Å². The van der Waals surface area contributed by atoms with Crippen LogP contribution in [0.3, 0.4) is 0 Å². The van der Waals surface area contributed by atoms with E-state index < -0.39 is 12.0 Å². The van der Waals surface area contributed by atoms with Crippen molar-refractivity contribution in [3.63, 3.8) is 0 Å². The van der Waals surface area contributed by atoms with Gasteiger partial charge in [0, 0.05) is 37.6 Å². The molecular weight excluding hydrogens is 499 g/mol. The second-order valence-electron chi connectivity index (χ2n) is 8.58. The van der Waals surface area contributed by atoms with Gasteiger partial charge in [-0.1, -0.05) is 59.6 Å². The summed E-state index contributed by atoms with van der Waals surface area (Å²) in [6.45, 7) is 2.40. The second-order valence-corrected chi connectivity index (χ2v) is 9.39. The predicted octanol–water partition coefficient (Wildman–Crippen LogP) is 5.28. The summed E-state index contributed by atoms with van der Waals surface area (Å²) < 4.78 is 0. The largest absolute Gasteiger partial charge is 0.383 e. The smallest absolute Gasteiger partial charge is 0.322 e. The minimum atomic E-state index is -1.08. The molecule has 3 aromatic carbocycles. The number of nitrogens with zero attached hydrogens (tertiary/aromatic N) is 2. The maximum atomic E-state index is 12.7. The first-order valence-corrected chi connectivity index (χ1v) is 12.5. The number of rotatable bonds is 7. The van der Waals surface area contributed by atoms with Gasteiger partial charge in [0.25, 0.3) is 5.91 Å². The molecule has 0 spiro atoms. The molecule has 3 aromatic rings. The van der Waals surface area contributed by atoms with Crippen LogP contribution in [0, 0.1) is 0 Å². The zero-order valence-electron chi connectivity index (χ0n) is 19.7. The molecule has 188 valence electrons. The van der Waals surface area contributed by atoms with Crippen LogP contribution in [0.25, 0.3) is 0 Å². The molecule has 7 nitrogen and oxygen atoms in total. The first-order valence-electron chi connectivity index (χ1n) is 11.8. The van der Waals surface area contributed by atoms with E-state index in [1.54, 1.807) is 23.1 Å². The number of benzene rings is 3. The molecule has 1 atom stereocenters. The van der Waals surface area contributed by atoms with Gasteiger partial charge in [0.1, 0.15) is 6.10 Å². The maximum absolute atomic E-state index is 12.7. The lowest BCUT2D eigenvalue weighted by Gasteiger charge is -2.36. The highest BCUT2D eigenvalue weighted by Gasteiger charge is 2.23. The summed E-state index contributed by atoms with van der Waals surface area (Å²) in [7, 11) is 0. The number of anilines is 3. The van der Waals surface area contributed by atoms with Gasteiger partial charge in [-0.15, -0.1) is 0 Å². The molecule has 0 aromatic heterocycles. The summed E-state index contributed by atoms with van der Waals surface area (Å²) in [4.78, 5) is 28.9. The molecule has 0 aliphatic carbocycles. The fraction of sp³-hybridized carbons (Fsp3) is 0.259. The lowest BCUT2D eigenvalue weighted by Crippen LogP contribution is -2.50. The van der Waals surface area contributed by atoms with Crippen molar-refractivity contribution < 1.29 is 14.7 Å². The van der Waals surface area contributed by atoms with Gasteiger partial charge in [-0.2, -0.15) is 0 Å². The van der Waals surface area contributed by atoms with Crippen molar-refractivity contribution in [1.82, 2.24) is 4.90 Å². The monoisotopic (exact) mass is 526 g/mol. The van der Waals surface area contributed by atoms with E-state index in [9.17, 15) is 14.7 Å². The molecular formula is C27H28Cl2N4O3. The Kier molecular flexibility index (Phi) is 8.70. The first-order chi connectivity index (χ1) is 17.4. The van der Waals surface area contributed by atoms with Crippen molar-refractivity contribution in [2.24, 2.45) is 0 Å². The molecule has 1 fully saturated rings. The highest BCUT2D eigenvalue weighted by molar-refractivity contribution is 6.39. The normalized spacial score (nSPS) is 14.3. The number of amides is 3. The van der Waals surface area contributed by atoms with Crippen LogP contribution in [-0.2, 0) is 11.2 Å². The van der Waals surface area contributed by atoms with Crippen LogP contribution in [0.2, 0.25) is 10.0 Å². The van der Waals surface area contributed by atoms with Crippen LogP contribution in [0.1, 0.15) is 12.0 Å². The lowest BCUT2D eigenvalue weighted by atomic mass is 10.1. The standard InChI is InChI=1S/C27H28Cl2N4O3/c28-22-7-4-8-23(29)25(22)31-27(36)33-17-15-32(16-18-33)21-12-10-20(11-13-21)30-26(35)24(34)14-9-19-5-2-1-3-6-19/h1-8,10-13,24,34H,9,14-18H2,(H,30,35)(H,31,36). The third-order valence-electron chi connectivity index (χ3n) is 6.11. The van der Waals surface area contributed by atoms with E-state index >= 15 is 0 Å². The molecule has 4 rings (SSSR count). The van der Waals surface area contributed by atoms with Gasteiger partial charge >= 0.3 is 6.03 Å². The average Bonchev–Trinajstić information content (AvgIpc) is 2.90. The lowest BCUT2D eigenvalue weighted by molar-refractivity contribution is -0.124. The predicted molar refractivity (Wildman–Crippen MR) is 145 cm³/mol. The number of para-hydroxylation sites is 1. The fourth-order valence-corrected chi connectivity index (χ4v) is 4.52. The molecule has 0 bridgehead atoms. The van der Waals surface area contributed by atoms with Gasteiger partial charge in [0.15, 0.2) is 0 Å². The van der Waals surface area contributed by atoms with Crippen LogP contribution >= 0.6 is 23.2 Å². The number of aliphatic hydroxyl groups excluding tert-OH is 1. The highest BCUT2D eigenvalue weighted by Crippen LogP contribution is 2.30. The zero-order valence-corrected chi connectivity index (χ0v) is 21.2. The SMILES string of the molecule is O=C(Nc1ccc(N2CCN(C(=O)Nc3c(Cl)cccc3Cl)CC2)cc1)C(O)CCc1ccccc1. The Bertz CT molecular complexity index is 1160. The Morgan fingerprint density at radius 3 is 2.11 bits per heavy atom. The summed E-state index contributed by atoms with van der Waals surface area (Å²) in [5.74, 6) is -0.420. The van der Waals surface area contributed by atoms with Gasteiger partial charge in [0.05, 0.1) is 15.7 Å². The van der Waals surface area contributed by atoms with Crippen molar-refractivity contribution in [2.45, 2.75) is 18.9 Å². The van der Waals surface area contributed by atoms with E-state index in [-0.39, 0.29) is 6.03 Å². The van der Waals surface area contributed by atoms with Crippen LogP contribution in [0.4, 0.5) is 21.9 Å². The van der Waals surface area contributed by atoms with Crippen molar-refractivity contribution in [3.8, 4) is 0 Å². The number of aliphatic hydroxyl groups is 1. The summed E-state index contributed by atoms with van der Waals surface area (Å²) in [6.07, 6.45) is -0.0945. The van der Waals surface area contributed by atoms with Crippen LogP contribution in [-0.4, -0.2) is 54.2 Å². The van der Waals surface area contributed by atoms with E-state index in [4.69, 9.17) is 23.2 Å². The van der Waals surface area contributed by atoms with Gasteiger partial charge in [-0.05, 0) is 54.8 Å². The van der Waals surface area contributed by atoms with E-state index in [0.29, 0.717) is 60.4 Å². The molecule has 0 saturated carbocycles. The summed E-state index contributed by atoms with van der Waals surface area (Å²) in [5, 5.41) is 16.6. The van der Waals surface area contributed by atoms with Crippen LogP contribution in [0.5, 0.6) is 0 Å². The molecule has 1 aliphatic rings. The topological polar surface area (TPSA) is 84.9 Å². The molecule has 0 radical (unpaired) electrons. The molecule has 1 heterocycles. The van der Waals surface area contributed by atoms with Gasteiger partial charge in [0.2, 0.25) is 0 Å². The Hall–Kier alpha value is -3.26. The quantitative estimate of drug-likeness (QED) is 0.391. The van der Waals surface area contributed by atoms with E-state index in [1.165, 1.54) is 0 Å². The molecule has 3 amide bonds. The number of hydrogen-bond donors (Lipinski definition) is 3. The Morgan fingerprint density at radius 2 is 1.47 bits per heavy atom. The summed E-state index contributed by atoms with van der Waals surface area (Å²) >= 11 is 12.3. The number of halogens is 2. The molecule has 1 unspecified atom stereocenters. The molecule has 3 N–H and O–H groups in total. The van der Waals surface area contributed by atoms with Crippen LogP contribution in [0.15, 0.2) is 72.8 Å². The number of urea groups is 1. The second kappa shape index (κ2) is 12.1. The Balaban J connectivity index is 1.24. The minimum absolute atomic E-state index is 0.242. The molecule has 1 aliphatic heterocycles. The highest BCUT2D eigenvalue weighted by atomic mass is 35.5. The van der Waals surface area contributed by atoms with Crippen molar-refractivity contribution in [1.29, 1.82) is 0 Å². The van der Waals surface area contributed by atoms with Crippen molar-refractivity contribution in [2.75, 3.05) is 41.7 Å². The van der Waals surface area contributed by atoms with Crippen LogP contribution < -0.4 is 15.5 Å². The molecule has 36 heavy (non-hydrogen) atoms. The van der Waals surface area contributed by atoms with E-state index in [0.717, 1.165) is 11.3 Å². The maximum Gasteiger partial charge on any atom is 0.322 e. The number of carbonyl (C=O) groups excluding carboxylic acids is 2. The van der Waals surface area contributed by atoms with Crippen molar-refractivity contribution in [3.05, 3.63) is 88.4 Å². The number of nitrogens with one attached hydrogen (secondary N) is 2. The van der Waals surface area contributed by atoms with Gasteiger partial charge in [-0.25, -0.2) is 4.79 Å². The fourth-order valence-electron chi connectivity index (χ4n) is 4.03. The van der Waals surface area contributed by atoms with Gasteiger partial charge < -0.3 is 25.5 Å². The number of hydrogen-bond acceptors (Lipinski definition) is 4. The summed E-state index contributed by atoms with van der Waals surface area (Å²) in [5.41, 5.74) is 3.11. The van der Waals surface area contributed by atoms with Gasteiger partial charge in [-0.3, -0.25) is 4.79 Å². The number of carbonyl (C=O) groups is 2. The Labute approximate surface area is 220 Å². The third-order valence-corrected chi connectivity index (χ3v) is 6.74.